The van der Waals surface area contributed by atoms with E-state index in [4.69, 9.17) is 0 Å². The number of fused-ring (bicyclic) bond motifs is 1. The number of amides is 3. The van der Waals surface area contributed by atoms with Crippen molar-refractivity contribution in [3.63, 3.8) is 0 Å². The molecule has 0 fully saturated rings. The largest absolute Gasteiger partial charge is 0.357 e. The first kappa shape index (κ1) is 22.4. The lowest BCUT2D eigenvalue weighted by Crippen LogP contribution is -2.43. The van der Waals surface area contributed by atoms with Gasteiger partial charge < -0.3 is 16.0 Å². The van der Waals surface area contributed by atoms with E-state index in [1.54, 1.807) is 24.3 Å². The van der Waals surface area contributed by atoms with Gasteiger partial charge in [-0.05, 0) is 52.7 Å². The molecule has 0 unspecified atom stereocenters. The van der Waals surface area contributed by atoms with Crippen molar-refractivity contribution in [1.29, 1.82) is 0 Å². The Balaban J connectivity index is 1.75. The number of carbonyl (C=O) groups excluding carboxylic acids is 3. The number of nitrogens with zero attached hydrogens (tertiary/aromatic N) is 2. The van der Waals surface area contributed by atoms with Gasteiger partial charge in [-0.25, -0.2) is 4.99 Å². The molecule has 2 rings (SSSR count). The third-order valence-corrected chi connectivity index (χ3v) is 4.22. The molecule has 0 bridgehead atoms. The van der Waals surface area contributed by atoms with Crippen LogP contribution < -0.4 is 16.0 Å². The minimum absolute atomic E-state index is 0.0433. The molecule has 0 saturated carbocycles. The molecule has 0 atom stereocenters. The van der Waals surface area contributed by atoms with Crippen molar-refractivity contribution in [2.24, 2.45) is 4.99 Å². The Labute approximate surface area is 172 Å². The minimum Gasteiger partial charge on any atom is -0.357 e. The summed E-state index contributed by atoms with van der Waals surface area (Å²) in [6.45, 7) is 9.45. The van der Waals surface area contributed by atoms with E-state index in [0.29, 0.717) is 43.1 Å². The highest BCUT2D eigenvalue weighted by Crippen LogP contribution is 2.22. The van der Waals surface area contributed by atoms with Crippen molar-refractivity contribution in [3.05, 3.63) is 35.4 Å². The molecule has 1 heterocycles. The van der Waals surface area contributed by atoms with Crippen molar-refractivity contribution < 1.29 is 14.4 Å². The maximum absolute atomic E-state index is 12.3. The van der Waals surface area contributed by atoms with Crippen molar-refractivity contribution in [2.45, 2.75) is 46.1 Å². The maximum Gasteiger partial charge on any atom is 0.261 e. The zero-order valence-electron chi connectivity index (χ0n) is 17.7. The van der Waals surface area contributed by atoms with Gasteiger partial charge in [0.15, 0.2) is 5.96 Å². The fourth-order valence-corrected chi connectivity index (χ4v) is 2.99. The second kappa shape index (κ2) is 10.0. The first-order chi connectivity index (χ1) is 13.7. The zero-order chi connectivity index (χ0) is 21.4. The van der Waals surface area contributed by atoms with E-state index in [1.165, 1.54) is 4.90 Å². The second-order valence-electron chi connectivity index (χ2n) is 7.93. The molecule has 0 aliphatic carbocycles. The molecule has 3 amide bonds. The van der Waals surface area contributed by atoms with Crippen LogP contribution in [0, 0.1) is 0 Å². The smallest absolute Gasteiger partial charge is 0.261 e. The van der Waals surface area contributed by atoms with Crippen LogP contribution in [-0.2, 0) is 4.79 Å². The van der Waals surface area contributed by atoms with Crippen LogP contribution in [0.1, 0.15) is 61.3 Å². The normalized spacial score (nSPS) is 14.1. The number of nitrogens with one attached hydrogen (secondary N) is 3. The molecule has 29 heavy (non-hydrogen) atoms. The number of imide groups is 1. The van der Waals surface area contributed by atoms with Gasteiger partial charge in [-0.15, -0.1) is 0 Å². The number of hydrogen-bond acceptors (Lipinski definition) is 4. The highest BCUT2D eigenvalue weighted by atomic mass is 16.2. The molecular formula is C21H31N5O3. The van der Waals surface area contributed by atoms with Crippen LogP contribution in [0.15, 0.2) is 29.3 Å². The van der Waals surface area contributed by atoms with Gasteiger partial charge in [0, 0.05) is 25.2 Å². The summed E-state index contributed by atoms with van der Waals surface area (Å²) < 4.78 is 0. The van der Waals surface area contributed by atoms with Crippen molar-refractivity contribution in [2.75, 3.05) is 26.2 Å². The van der Waals surface area contributed by atoms with Gasteiger partial charge in [0.1, 0.15) is 6.54 Å². The Morgan fingerprint density at radius 3 is 2.21 bits per heavy atom. The fraction of sp³-hybridized carbons (Fsp3) is 0.524. The van der Waals surface area contributed by atoms with E-state index < -0.39 is 0 Å². The molecule has 0 radical (unpaired) electrons. The number of carbonyl (C=O) groups is 3. The molecule has 0 aromatic heterocycles. The van der Waals surface area contributed by atoms with Crippen LogP contribution in [0.5, 0.6) is 0 Å². The van der Waals surface area contributed by atoms with Gasteiger partial charge in [0.25, 0.3) is 11.8 Å². The number of unbranched alkanes of at least 4 members (excludes halogenated alkanes) is 1. The van der Waals surface area contributed by atoms with Gasteiger partial charge in [0.2, 0.25) is 5.91 Å². The molecule has 1 aromatic carbocycles. The van der Waals surface area contributed by atoms with Crippen LogP contribution in [-0.4, -0.2) is 60.3 Å². The zero-order valence-corrected chi connectivity index (χ0v) is 17.7. The number of benzene rings is 1. The third kappa shape index (κ3) is 6.58. The fourth-order valence-electron chi connectivity index (χ4n) is 2.99. The summed E-state index contributed by atoms with van der Waals surface area (Å²) in [5, 5.41) is 9.14. The molecule has 1 aromatic rings. The molecule has 1 aliphatic heterocycles. The molecule has 8 nitrogen and oxygen atoms in total. The van der Waals surface area contributed by atoms with Crippen LogP contribution in [0.4, 0.5) is 0 Å². The average Bonchev–Trinajstić information content (AvgIpc) is 2.89. The summed E-state index contributed by atoms with van der Waals surface area (Å²) in [5.41, 5.74) is 0.666. The van der Waals surface area contributed by atoms with Crippen LogP contribution in [0.2, 0.25) is 0 Å². The summed E-state index contributed by atoms with van der Waals surface area (Å²) in [5.74, 6) is -0.0192. The quantitative estimate of drug-likeness (QED) is 0.265. The van der Waals surface area contributed by atoms with Gasteiger partial charge >= 0.3 is 0 Å². The first-order valence-corrected chi connectivity index (χ1v) is 10.0. The van der Waals surface area contributed by atoms with Crippen molar-refractivity contribution >= 4 is 23.7 Å². The Morgan fingerprint density at radius 2 is 1.66 bits per heavy atom. The summed E-state index contributed by atoms with van der Waals surface area (Å²) in [6, 6.07) is 6.90. The molecule has 0 saturated heterocycles. The number of rotatable bonds is 8. The molecule has 8 heteroatoms. The van der Waals surface area contributed by atoms with E-state index in [9.17, 15) is 14.4 Å². The van der Waals surface area contributed by atoms with E-state index in [1.807, 2.05) is 27.7 Å². The Hall–Kier alpha value is -2.90. The van der Waals surface area contributed by atoms with Crippen LogP contribution >= 0.6 is 0 Å². The van der Waals surface area contributed by atoms with E-state index in [2.05, 4.69) is 20.9 Å². The highest BCUT2D eigenvalue weighted by Gasteiger charge is 2.34. The molecule has 158 valence electrons. The summed E-state index contributed by atoms with van der Waals surface area (Å²) in [4.78, 5) is 42.2. The van der Waals surface area contributed by atoms with Gasteiger partial charge in [-0.1, -0.05) is 12.1 Å². The molecule has 3 N–H and O–H groups in total. The van der Waals surface area contributed by atoms with E-state index in [-0.39, 0.29) is 29.8 Å². The Bertz CT molecular complexity index is 748. The Kier molecular flexibility index (Phi) is 7.75. The third-order valence-electron chi connectivity index (χ3n) is 4.22. The van der Waals surface area contributed by atoms with E-state index in [0.717, 1.165) is 6.42 Å². The highest BCUT2D eigenvalue weighted by molar-refractivity contribution is 6.21. The summed E-state index contributed by atoms with van der Waals surface area (Å²) in [7, 11) is 0. The maximum atomic E-state index is 12.3. The molecule has 0 spiro atoms. The van der Waals surface area contributed by atoms with Gasteiger partial charge in [-0.2, -0.15) is 0 Å². The topological polar surface area (TPSA) is 103 Å². The number of aliphatic imine (C=N–C) groups is 1. The van der Waals surface area contributed by atoms with Gasteiger partial charge in [-0.3, -0.25) is 19.3 Å². The predicted octanol–water partition coefficient (Wildman–Crippen LogP) is 1.53. The van der Waals surface area contributed by atoms with Gasteiger partial charge in [0.05, 0.1) is 11.1 Å². The first-order valence-electron chi connectivity index (χ1n) is 10.0. The lowest BCUT2D eigenvalue weighted by Gasteiger charge is -2.20. The minimum atomic E-state index is -0.289. The lowest BCUT2D eigenvalue weighted by molar-refractivity contribution is -0.121. The molecule has 1 aliphatic rings. The Morgan fingerprint density at radius 1 is 1.03 bits per heavy atom. The van der Waals surface area contributed by atoms with Crippen molar-refractivity contribution in [1.82, 2.24) is 20.9 Å². The number of hydrogen-bond donors (Lipinski definition) is 3. The van der Waals surface area contributed by atoms with Crippen LogP contribution in [0.3, 0.4) is 0 Å². The SMILES string of the molecule is CCNC(=NCC(=O)NC(C)(C)C)NCCCCN1C(=O)c2ccccc2C1=O. The predicted molar refractivity (Wildman–Crippen MR) is 113 cm³/mol. The standard InChI is InChI=1S/C21H31N5O3/c1-5-22-20(24-14-17(27)25-21(2,3)4)23-12-8-9-13-26-18(28)15-10-6-7-11-16(15)19(26)29/h6-7,10-11H,5,8-9,12-14H2,1-4H3,(H,25,27)(H2,22,23,24). The number of guanidine groups is 1. The second-order valence-corrected chi connectivity index (χ2v) is 7.93. The lowest BCUT2D eigenvalue weighted by atomic mass is 10.1. The summed E-state index contributed by atoms with van der Waals surface area (Å²) in [6.07, 6.45) is 1.44. The van der Waals surface area contributed by atoms with Crippen LogP contribution in [0.25, 0.3) is 0 Å². The summed E-state index contributed by atoms with van der Waals surface area (Å²) >= 11 is 0. The van der Waals surface area contributed by atoms with Crippen molar-refractivity contribution in [3.8, 4) is 0 Å². The average molecular weight is 402 g/mol. The van der Waals surface area contributed by atoms with E-state index >= 15 is 0 Å². The monoisotopic (exact) mass is 401 g/mol. The molecular weight excluding hydrogens is 370 g/mol.